The van der Waals surface area contributed by atoms with Gasteiger partial charge in [0.15, 0.2) is 0 Å². The van der Waals surface area contributed by atoms with E-state index in [1.165, 1.54) is 0 Å². The number of carbonyl (C=O) groups excluding carboxylic acids is 4. The van der Waals surface area contributed by atoms with E-state index in [0.717, 1.165) is 32.1 Å². The summed E-state index contributed by atoms with van der Waals surface area (Å²) >= 11 is 58.4. The van der Waals surface area contributed by atoms with Crippen LogP contribution in [0.1, 0.15) is 143 Å². The number of benzene rings is 7. The number of nitrogens with zero attached hydrogens (tertiary/aromatic N) is 2. The quantitative estimate of drug-likeness (QED) is 0.0945. The monoisotopic (exact) mass is 982 g/mol. The molecule has 0 fully saturated rings. The molecule has 9 rings (SSSR count). The lowest BCUT2D eigenvalue weighted by atomic mass is 9.81. The van der Waals surface area contributed by atoms with Crippen molar-refractivity contribution in [1.82, 2.24) is 0 Å². The summed E-state index contributed by atoms with van der Waals surface area (Å²) in [4.78, 5) is 62.8. The number of carbonyl (C=O) groups is 4. The molecular weight excluding hydrogens is 952 g/mol. The molecule has 14 heteroatoms. The zero-order chi connectivity index (χ0) is 45.0. The van der Waals surface area contributed by atoms with E-state index in [0.29, 0.717) is 11.4 Å². The smallest absolute Gasteiger partial charge is 0.267 e. The predicted octanol–water partition coefficient (Wildman–Crippen LogP) is 17.1. The Hall–Kier alpha value is -3.56. The van der Waals surface area contributed by atoms with Crippen molar-refractivity contribution < 1.29 is 19.2 Å². The standard InChI is InChI=1S/C48H34Cl8N2O4/c1-15(2)19-11-9-12-20(16(3)4)43(19)57-45(59)31-25-23-27(35(49)39(31)53)29-24-26-33(41(55)37(29)51)47(61)58(44-21(17(5)6)13-10-14-22(44)18(7)8)48(62)34(26)42(56)38(52)30(24)28(23)36(50)40(54)32(25)46(57)60/h9-18H,1-8H3. The topological polar surface area (TPSA) is 74.8 Å². The highest BCUT2D eigenvalue weighted by molar-refractivity contribution is 6.64. The van der Waals surface area contributed by atoms with Crippen LogP contribution in [0, 0.1) is 0 Å². The zero-order valence-corrected chi connectivity index (χ0v) is 40.4. The molecule has 0 radical (unpaired) electrons. The van der Waals surface area contributed by atoms with Gasteiger partial charge in [-0.25, -0.2) is 9.80 Å². The summed E-state index contributed by atoms with van der Waals surface area (Å²) in [7, 11) is 0. The first-order chi connectivity index (χ1) is 29.2. The van der Waals surface area contributed by atoms with Gasteiger partial charge < -0.3 is 0 Å². The van der Waals surface area contributed by atoms with Crippen LogP contribution in [0.4, 0.5) is 11.4 Å². The largest absolute Gasteiger partial charge is 0.268 e. The van der Waals surface area contributed by atoms with Gasteiger partial charge in [0, 0.05) is 43.1 Å². The van der Waals surface area contributed by atoms with E-state index in [2.05, 4.69) is 0 Å². The molecular formula is C48H34Cl8N2O4. The minimum atomic E-state index is -0.733. The Morgan fingerprint density at radius 2 is 0.532 bits per heavy atom. The van der Waals surface area contributed by atoms with Crippen molar-refractivity contribution in [2.45, 2.75) is 79.1 Å². The molecule has 0 aliphatic carbocycles. The number of hydrogen-bond acceptors (Lipinski definition) is 4. The third-order valence-corrected chi connectivity index (χ3v) is 15.7. The average molecular weight is 986 g/mol. The van der Waals surface area contributed by atoms with Crippen LogP contribution in [0.25, 0.3) is 43.1 Å². The number of hydrogen-bond donors (Lipinski definition) is 0. The molecule has 7 aromatic carbocycles. The molecule has 0 spiro atoms. The maximum atomic E-state index is 15.1. The summed E-state index contributed by atoms with van der Waals surface area (Å²) in [6.45, 7) is 15.8. The molecule has 6 nitrogen and oxygen atoms in total. The van der Waals surface area contributed by atoms with Gasteiger partial charge >= 0.3 is 0 Å². The van der Waals surface area contributed by atoms with Crippen molar-refractivity contribution >= 4 is 171 Å². The number of imide groups is 2. The van der Waals surface area contributed by atoms with Gasteiger partial charge in [-0.2, -0.15) is 0 Å². The summed E-state index contributed by atoms with van der Waals surface area (Å²) in [6, 6.07) is 11.3. The van der Waals surface area contributed by atoms with Gasteiger partial charge in [0.1, 0.15) is 0 Å². The van der Waals surface area contributed by atoms with E-state index in [1.807, 2.05) is 91.8 Å². The maximum absolute atomic E-state index is 15.1. The van der Waals surface area contributed by atoms with Crippen molar-refractivity contribution in [2.75, 3.05) is 9.80 Å². The van der Waals surface area contributed by atoms with Gasteiger partial charge in [-0.05, 0) is 45.9 Å². The van der Waals surface area contributed by atoms with E-state index >= 15 is 19.2 Å². The zero-order valence-electron chi connectivity index (χ0n) is 34.3. The molecule has 0 atom stereocenters. The molecule has 62 heavy (non-hydrogen) atoms. The maximum Gasteiger partial charge on any atom is 0.267 e. The third-order valence-electron chi connectivity index (χ3n) is 12.3. The lowest BCUT2D eigenvalue weighted by Crippen LogP contribution is -2.42. The van der Waals surface area contributed by atoms with Crippen LogP contribution in [0.2, 0.25) is 40.2 Å². The van der Waals surface area contributed by atoms with Crippen LogP contribution in [-0.4, -0.2) is 23.6 Å². The fraction of sp³-hybridized carbons (Fsp3) is 0.250. The van der Waals surface area contributed by atoms with Crippen molar-refractivity contribution in [2.24, 2.45) is 0 Å². The molecule has 0 bridgehead atoms. The SMILES string of the molecule is CC(C)c1cccc(C(C)C)c1N1C(=O)c2c(Cl)c(Cl)c3c4c(Cl)c(Cl)c5c6c(c(Cl)c(Cl)c(c7c(Cl)c(Cl)c(c2c37)C1=O)c64)C(=O)N(c1c(C(C)C)cccc1C(C)C)C5=O. The molecule has 0 aromatic heterocycles. The van der Waals surface area contributed by atoms with Gasteiger partial charge in [0.05, 0.1) is 73.8 Å². The molecule has 316 valence electrons. The van der Waals surface area contributed by atoms with Gasteiger partial charge in [-0.1, -0.05) is 185 Å². The van der Waals surface area contributed by atoms with E-state index in [4.69, 9.17) is 92.8 Å². The van der Waals surface area contributed by atoms with Crippen LogP contribution >= 0.6 is 92.8 Å². The van der Waals surface area contributed by atoms with Gasteiger partial charge in [-0.15, -0.1) is 0 Å². The molecule has 2 heterocycles. The van der Waals surface area contributed by atoms with E-state index in [9.17, 15) is 0 Å². The molecule has 0 N–H and O–H groups in total. The van der Waals surface area contributed by atoms with Crippen molar-refractivity contribution in [3.8, 4) is 0 Å². The number of rotatable bonds is 6. The van der Waals surface area contributed by atoms with Crippen LogP contribution in [0.5, 0.6) is 0 Å². The average Bonchev–Trinajstić information content (AvgIpc) is 3.21. The van der Waals surface area contributed by atoms with E-state index in [-0.39, 0.29) is 129 Å². The molecule has 0 unspecified atom stereocenters. The third kappa shape index (κ3) is 5.57. The summed E-state index contributed by atoms with van der Waals surface area (Å²) in [5.41, 5.74) is 3.47. The normalized spacial score (nSPS) is 14.5. The Bertz CT molecular complexity index is 2870. The Balaban J connectivity index is 1.46. The number of halogens is 8. The fourth-order valence-electron chi connectivity index (χ4n) is 9.58. The van der Waals surface area contributed by atoms with Gasteiger partial charge in [0.2, 0.25) is 0 Å². The second-order valence-electron chi connectivity index (χ2n) is 17.1. The lowest BCUT2D eigenvalue weighted by molar-refractivity contribution is 0.0877. The Morgan fingerprint density at radius 1 is 0.323 bits per heavy atom. The number of fused-ring (bicyclic) bond motifs is 2. The first-order valence-electron chi connectivity index (χ1n) is 19.9. The first kappa shape index (κ1) is 43.7. The van der Waals surface area contributed by atoms with Crippen LogP contribution in [-0.2, 0) is 0 Å². The highest BCUT2D eigenvalue weighted by Crippen LogP contribution is 2.60. The fourth-order valence-corrected chi connectivity index (χ4v) is 11.8. The minimum absolute atomic E-state index is 0.0708. The number of amides is 4. The van der Waals surface area contributed by atoms with Gasteiger partial charge in [-0.3, -0.25) is 19.2 Å². The van der Waals surface area contributed by atoms with E-state index in [1.54, 1.807) is 0 Å². The van der Waals surface area contributed by atoms with Crippen molar-refractivity contribution in [3.63, 3.8) is 0 Å². The Kier molecular flexibility index (Phi) is 10.6. The summed E-state index contributed by atoms with van der Waals surface area (Å²) in [5.74, 6) is -3.30. The second kappa shape index (κ2) is 15.0. The van der Waals surface area contributed by atoms with E-state index < -0.39 is 23.6 Å². The number of para-hydroxylation sites is 2. The molecule has 2 aliphatic rings. The minimum Gasteiger partial charge on any atom is -0.268 e. The van der Waals surface area contributed by atoms with Crippen molar-refractivity contribution in [3.05, 3.63) is 121 Å². The lowest BCUT2D eigenvalue weighted by Gasteiger charge is -2.35. The summed E-state index contributed by atoms with van der Waals surface area (Å²) in [6.07, 6.45) is 0. The highest BCUT2D eigenvalue weighted by atomic mass is 35.5. The molecule has 0 saturated carbocycles. The van der Waals surface area contributed by atoms with Crippen LogP contribution in [0.15, 0.2) is 36.4 Å². The number of anilines is 2. The van der Waals surface area contributed by atoms with Gasteiger partial charge in [0.25, 0.3) is 23.6 Å². The highest BCUT2D eigenvalue weighted by Gasteiger charge is 2.46. The Morgan fingerprint density at radius 3 is 0.726 bits per heavy atom. The molecule has 2 aliphatic heterocycles. The van der Waals surface area contributed by atoms with Crippen molar-refractivity contribution in [1.29, 1.82) is 0 Å². The summed E-state index contributed by atoms with van der Waals surface area (Å²) in [5, 5.41) is -0.172. The van der Waals surface area contributed by atoms with Crippen LogP contribution < -0.4 is 9.80 Å². The Labute approximate surface area is 397 Å². The molecule has 7 aromatic rings. The second-order valence-corrected chi connectivity index (χ2v) is 20.1. The van der Waals surface area contributed by atoms with Crippen LogP contribution in [0.3, 0.4) is 0 Å². The first-order valence-corrected chi connectivity index (χ1v) is 23.0. The summed E-state index contributed by atoms with van der Waals surface area (Å²) < 4.78 is 0. The molecule has 0 saturated heterocycles. The predicted molar refractivity (Wildman–Crippen MR) is 259 cm³/mol. The molecule has 4 amide bonds.